The van der Waals surface area contributed by atoms with Crippen molar-refractivity contribution in [1.29, 1.82) is 0 Å². The van der Waals surface area contributed by atoms with Gasteiger partial charge in [0, 0.05) is 23.0 Å². The van der Waals surface area contributed by atoms with Crippen LogP contribution in [0.3, 0.4) is 0 Å². The molecule has 0 aromatic carbocycles. The fraction of sp³-hybridized carbons (Fsp3) is 0.833. The molecule has 2 atom stereocenters. The van der Waals surface area contributed by atoms with Crippen LogP contribution in [0.5, 0.6) is 0 Å². The molecule has 3 heteroatoms. The summed E-state index contributed by atoms with van der Waals surface area (Å²) in [4.78, 5) is 10.8. The fourth-order valence-electron chi connectivity index (χ4n) is 0.915. The Balaban J connectivity index is 2.62. The average Bonchev–Trinajstić information content (AvgIpc) is 1.83. The highest BCUT2D eigenvalue weighted by molar-refractivity contribution is 7.86. The fourth-order valence-corrected chi connectivity index (χ4v) is 2.11. The highest BCUT2D eigenvalue weighted by atomic mass is 32.2. The maximum atomic E-state index is 10.9. The summed E-state index contributed by atoms with van der Waals surface area (Å²) in [7, 11) is -0.865. The van der Waals surface area contributed by atoms with Gasteiger partial charge in [-0.3, -0.25) is 9.00 Å². The zero-order valence-corrected chi connectivity index (χ0v) is 6.24. The zero-order valence-electron chi connectivity index (χ0n) is 5.42. The van der Waals surface area contributed by atoms with Crippen LogP contribution in [0.1, 0.15) is 19.8 Å². The van der Waals surface area contributed by atoms with E-state index in [0.717, 1.165) is 6.42 Å². The summed E-state index contributed by atoms with van der Waals surface area (Å²) >= 11 is 0. The molecule has 1 heterocycles. The van der Waals surface area contributed by atoms with Crippen LogP contribution in [0.25, 0.3) is 0 Å². The van der Waals surface area contributed by atoms with Crippen LogP contribution in [0.4, 0.5) is 0 Å². The van der Waals surface area contributed by atoms with Crippen LogP contribution in [-0.2, 0) is 15.6 Å². The predicted octanol–water partition coefficient (Wildman–Crippen LogP) is 0.486. The molecule has 1 fully saturated rings. The SMILES string of the molecule is C[C@@H]1C(=O)CCCS1=O. The maximum Gasteiger partial charge on any atom is 0.148 e. The Morgan fingerprint density at radius 2 is 2.33 bits per heavy atom. The number of hydrogen-bond donors (Lipinski definition) is 0. The summed E-state index contributed by atoms with van der Waals surface area (Å²) in [5.41, 5.74) is 0. The summed E-state index contributed by atoms with van der Waals surface area (Å²) in [6.07, 6.45) is 1.45. The molecule has 1 unspecified atom stereocenters. The van der Waals surface area contributed by atoms with Gasteiger partial charge < -0.3 is 0 Å². The van der Waals surface area contributed by atoms with Gasteiger partial charge in [0.1, 0.15) is 5.78 Å². The average molecular weight is 146 g/mol. The first-order valence-electron chi connectivity index (χ1n) is 3.11. The van der Waals surface area contributed by atoms with Gasteiger partial charge in [0.15, 0.2) is 0 Å². The van der Waals surface area contributed by atoms with Crippen molar-refractivity contribution in [3.8, 4) is 0 Å². The normalized spacial score (nSPS) is 36.8. The molecule has 52 valence electrons. The van der Waals surface area contributed by atoms with Crippen molar-refractivity contribution in [1.82, 2.24) is 0 Å². The Bertz CT molecular complexity index is 137. The summed E-state index contributed by atoms with van der Waals surface area (Å²) in [5.74, 6) is 0.881. The van der Waals surface area contributed by atoms with Crippen LogP contribution in [0.15, 0.2) is 0 Å². The quantitative estimate of drug-likeness (QED) is 0.498. The molecule has 0 aromatic rings. The molecule has 1 saturated heterocycles. The monoisotopic (exact) mass is 146 g/mol. The number of carbonyl (C=O) groups is 1. The third-order valence-corrected chi connectivity index (χ3v) is 3.36. The molecular weight excluding hydrogens is 136 g/mol. The Labute approximate surface area is 57.1 Å². The lowest BCUT2D eigenvalue weighted by molar-refractivity contribution is -0.118. The predicted molar refractivity (Wildman–Crippen MR) is 36.7 cm³/mol. The van der Waals surface area contributed by atoms with Crippen molar-refractivity contribution in [3.63, 3.8) is 0 Å². The van der Waals surface area contributed by atoms with E-state index in [0.29, 0.717) is 12.2 Å². The van der Waals surface area contributed by atoms with E-state index in [1.165, 1.54) is 0 Å². The van der Waals surface area contributed by atoms with Crippen LogP contribution < -0.4 is 0 Å². The van der Waals surface area contributed by atoms with E-state index in [1.54, 1.807) is 6.92 Å². The minimum absolute atomic E-state index is 0.166. The summed E-state index contributed by atoms with van der Waals surface area (Å²) in [6, 6.07) is 0. The van der Waals surface area contributed by atoms with E-state index in [-0.39, 0.29) is 11.0 Å². The minimum atomic E-state index is -0.865. The van der Waals surface area contributed by atoms with Gasteiger partial charge in [0.2, 0.25) is 0 Å². The van der Waals surface area contributed by atoms with E-state index in [9.17, 15) is 9.00 Å². The summed E-state index contributed by atoms with van der Waals surface area (Å²) < 4.78 is 10.9. The third kappa shape index (κ3) is 1.39. The largest absolute Gasteiger partial charge is 0.298 e. The molecule has 1 rings (SSSR count). The van der Waals surface area contributed by atoms with Crippen molar-refractivity contribution in [2.75, 3.05) is 5.75 Å². The van der Waals surface area contributed by atoms with Gasteiger partial charge in [0.25, 0.3) is 0 Å². The van der Waals surface area contributed by atoms with Gasteiger partial charge in [-0.15, -0.1) is 0 Å². The highest BCUT2D eigenvalue weighted by Crippen LogP contribution is 2.11. The molecule has 9 heavy (non-hydrogen) atoms. The Hall–Kier alpha value is -0.180. The lowest BCUT2D eigenvalue weighted by Gasteiger charge is -2.14. The van der Waals surface area contributed by atoms with E-state index in [2.05, 4.69) is 0 Å². The van der Waals surface area contributed by atoms with Gasteiger partial charge in [-0.2, -0.15) is 0 Å². The van der Waals surface area contributed by atoms with Gasteiger partial charge in [-0.1, -0.05) is 0 Å². The summed E-state index contributed by atoms with van der Waals surface area (Å²) in [6.45, 7) is 1.75. The molecule has 2 nitrogen and oxygen atoms in total. The molecule has 0 spiro atoms. The Morgan fingerprint density at radius 3 is 2.78 bits per heavy atom. The highest BCUT2D eigenvalue weighted by Gasteiger charge is 2.23. The maximum absolute atomic E-state index is 10.9. The van der Waals surface area contributed by atoms with Crippen molar-refractivity contribution in [3.05, 3.63) is 0 Å². The Morgan fingerprint density at radius 1 is 1.67 bits per heavy atom. The second kappa shape index (κ2) is 2.60. The molecule has 0 radical (unpaired) electrons. The zero-order chi connectivity index (χ0) is 6.85. The number of Topliss-reactive ketones (excluding diaryl/α,β-unsaturated/α-hetero) is 1. The van der Waals surface area contributed by atoms with Gasteiger partial charge in [-0.05, 0) is 13.3 Å². The first-order chi connectivity index (χ1) is 4.22. The van der Waals surface area contributed by atoms with E-state index >= 15 is 0 Å². The molecule has 0 aromatic heterocycles. The first-order valence-corrected chi connectivity index (χ1v) is 4.50. The first kappa shape index (κ1) is 6.93. The molecule has 0 bridgehead atoms. The minimum Gasteiger partial charge on any atom is -0.298 e. The third-order valence-electron chi connectivity index (χ3n) is 1.62. The number of ketones is 1. The van der Waals surface area contributed by atoms with Crippen LogP contribution in [0, 0.1) is 0 Å². The second-order valence-corrected chi connectivity index (χ2v) is 4.17. The molecule has 0 amide bonds. The molecule has 0 aliphatic carbocycles. The van der Waals surface area contributed by atoms with Crippen LogP contribution in [-0.4, -0.2) is 21.0 Å². The topological polar surface area (TPSA) is 34.1 Å². The van der Waals surface area contributed by atoms with E-state index < -0.39 is 10.8 Å². The van der Waals surface area contributed by atoms with Gasteiger partial charge in [0.05, 0.1) is 5.25 Å². The molecule has 0 saturated carbocycles. The van der Waals surface area contributed by atoms with E-state index in [4.69, 9.17) is 0 Å². The van der Waals surface area contributed by atoms with Crippen LogP contribution in [0.2, 0.25) is 0 Å². The van der Waals surface area contributed by atoms with Crippen molar-refractivity contribution >= 4 is 16.6 Å². The van der Waals surface area contributed by atoms with Crippen LogP contribution >= 0.6 is 0 Å². The molecule has 0 N–H and O–H groups in total. The van der Waals surface area contributed by atoms with E-state index in [1.807, 2.05) is 0 Å². The van der Waals surface area contributed by atoms with Crippen molar-refractivity contribution in [2.24, 2.45) is 0 Å². The van der Waals surface area contributed by atoms with Crippen molar-refractivity contribution in [2.45, 2.75) is 25.0 Å². The van der Waals surface area contributed by atoms with Crippen molar-refractivity contribution < 1.29 is 9.00 Å². The van der Waals surface area contributed by atoms with Gasteiger partial charge in [-0.25, -0.2) is 0 Å². The molecular formula is C6H10O2S. The molecule has 1 aliphatic rings. The standard InChI is InChI=1S/C6H10O2S/c1-5-6(7)3-2-4-9(5)8/h5H,2-4H2,1H3/t5-,9?/m1/s1. The lowest BCUT2D eigenvalue weighted by atomic mass is 10.2. The van der Waals surface area contributed by atoms with Gasteiger partial charge >= 0.3 is 0 Å². The smallest absolute Gasteiger partial charge is 0.148 e. The molecule has 1 aliphatic heterocycles. The Kier molecular flexibility index (Phi) is 2.01. The second-order valence-electron chi connectivity index (χ2n) is 2.30. The number of hydrogen-bond acceptors (Lipinski definition) is 2. The lowest BCUT2D eigenvalue weighted by Crippen LogP contribution is -2.29. The number of carbonyl (C=O) groups excluding carboxylic acids is 1. The summed E-state index contributed by atoms with van der Waals surface area (Å²) in [5, 5.41) is -0.196. The number of rotatable bonds is 0.